The standard InChI is InChI=1S/C15H18O4/c1-3-9-18-13-8-6-5-7-11(13)12-10-14(16)19-15(12)17-4-2/h3,5-8,12,15H,1,4,9-10H2,2H3. The topological polar surface area (TPSA) is 44.8 Å². The van der Waals surface area contributed by atoms with Gasteiger partial charge in [-0.05, 0) is 13.0 Å². The molecule has 4 heteroatoms. The summed E-state index contributed by atoms with van der Waals surface area (Å²) in [7, 11) is 0. The molecule has 102 valence electrons. The van der Waals surface area contributed by atoms with Gasteiger partial charge in [0.05, 0.1) is 12.3 Å². The van der Waals surface area contributed by atoms with Crippen molar-refractivity contribution in [2.24, 2.45) is 0 Å². The van der Waals surface area contributed by atoms with Crippen molar-refractivity contribution in [1.82, 2.24) is 0 Å². The monoisotopic (exact) mass is 262 g/mol. The normalized spacial score (nSPS) is 22.1. The van der Waals surface area contributed by atoms with E-state index in [4.69, 9.17) is 14.2 Å². The van der Waals surface area contributed by atoms with Gasteiger partial charge in [-0.1, -0.05) is 30.9 Å². The predicted molar refractivity (Wildman–Crippen MR) is 71.0 cm³/mol. The zero-order valence-electron chi connectivity index (χ0n) is 11.0. The highest BCUT2D eigenvalue weighted by atomic mass is 16.7. The first-order valence-corrected chi connectivity index (χ1v) is 6.40. The Morgan fingerprint density at radius 1 is 1.47 bits per heavy atom. The van der Waals surface area contributed by atoms with Crippen LogP contribution < -0.4 is 4.74 Å². The van der Waals surface area contributed by atoms with E-state index in [0.717, 1.165) is 11.3 Å². The van der Waals surface area contributed by atoms with Crippen LogP contribution in [-0.2, 0) is 14.3 Å². The summed E-state index contributed by atoms with van der Waals surface area (Å²) in [5, 5.41) is 0. The molecule has 1 aliphatic rings. The van der Waals surface area contributed by atoms with Crippen molar-refractivity contribution in [3.05, 3.63) is 42.5 Å². The lowest BCUT2D eigenvalue weighted by molar-refractivity contribution is -0.163. The quantitative estimate of drug-likeness (QED) is 0.584. The summed E-state index contributed by atoms with van der Waals surface area (Å²) >= 11 is 0. The van der Waals surface area contributed by atoms with Crippen LogP contribution in [0.5, 0.6) is 5.75 Å². The van der Waals surface area contributed by atoms with Crippen LogP contribution in [0.2, 0.25) is 0 Å². The Hall–Kier alpha value is -1.81. The van der Waals surface area contributed by atoms with Gasteiger partial charge >= 0.3 is 5.97 Å². The van der Waals surface area contributed by atoms with Gasteiger partial charge in [0.2, 0.25) is 6.29 Å². The smallest absolute Gasteiger partial charge is 0.308 e. The van der Waals surface area contributed by atoms with Gasteiger partial charge < -0.3 is 14.2 Å². The Morgan fingerprint density at radius 2 is 2.26 bits per heavy atom. The fourth-order valence-electron chi connectivity index (χ4n) is 2.17. The van der Waals surface area contributed by atoms with Crippen molar-refractivity contribution in [2.45, 2.75) is 25.6 Å². The van der Waals surface area contributed by atoms with E-state index >= 15 is 0 Å². The third-order valence-electron chi connectivity index (χ3n) is 2.97. The first-order chi connectivity index (χ1) is 9.26. The van der Waals surface area contributed by atoms with Crippen LogP contribution in [0.1, 0.15) is 24.8 Å². The van der Waals surface area contributed by atoms with Gasteiger partial charge in [-0.15, -0.1) is 0 Å². The number of hydrogen-bond acceptors (Lipinski definition) is 4. The van der Waals surface area contributed by atoms with Crippen LogP contribution in [0.4, 0.5) is 0 Å². The number of carbonyl (C=O) groups excluding carboxylic acids is 1. The number of esters is 1. The summed E-state index contributed by atoms with van der Waals surface area (Å²) in [6, 6.07) is 7.64. The highest BCUT2D eigenvalue weighted by Gasteiger charge is 2.38. The molecular formula is C15H18O4. The summed E-state index contributed by atoms with van der Waals surface area (Å²) in [5.74, 6) is 0.394. The lowest BCUT2D eigenvalue weighted by Gasteiger charge is -2.19. The van der Waals surface area contributed by atoms with E-state index in [1.807, 2.05) is 31.2 Å². The molecule has 1 aliphatic heterocycles. The lowest BCUT2D eigenvalue weighted by Crippen LogP contribution is -2.19. The molecule has 2 rings (SSSR count). The predicted octanol–water partition coefficient (Wildman–Crippen LogP) is 2.64. The third-order valence-corrected chi connectivity index (χ3v) is 2.97. The number of para-hydroxylation sites is 1. The van der Waals surface area contributed by atoms with Crippen molar-refractivity contribution in [2.75, 3.05) is 13.2 Å². The van der Waals surface area contributed by atoms with Crippen molar-refractivity contribution in [3.8, 4) is 5.75 Å². The molecule has 1 aromatic rings. The third kappa shape index (κ3) is 3.15. The maximum Gasteiger partial charge on any atom is 0.308 e. The molecule has 0 saturated carbocycles. The second-order valence-electron chi connectivity index (χ2n) is 4.26. The molecule has 0 spiro atoms. The number of cyclic esters (lactones) is 1. The van der Waals surface area contributed by atoms with E-state index in [-0.39, 0.29) is 11.9 Å². The van der Waals surface area contributed by atoms with Gasteiger partial charge in [0, 0.05) is 12.2 Å². The fourth-order valence-corrected chi connectivity index (χ4v) is 2.17. The molecule has 0 bridgehead atoms. The molecule has 0 aromatic heterocycles. The van der Waals surface area contributed by atoms with Crippen molar-refractivity contribution < 1.29 is 19.0 Å². The second kappa shape index (κ2) is 6.38. The van der Waals surface area contributed by atoms with E-state index in [1.54, 1.807) is 6.08 Å². The largest absolute Gasteiger partial charge is 0.489 e. The van der Waals surface area contributed by atoms with Crippen LogP contribution in [-0.4, -0.2) is 25.5 Å². The molecule has 1 fully saturated rings. The lowest BCUT2D eigenvalue weighted by atomic mass is 9.96. The molecule has 1 aromatic carbocycles. The van der Waals surface area contributed by atoms with Gasteiger partial charge in [-0.25, -0.2) is 0 Å². The Bertz CT molecular complexity index is 455. The molecular weight excluding hydrogens is 244 g/mol. The summed E-state index contributed by atoms with van der Waals surface area (Å²) in [6.07, 6.45) is 1.48. The summed E-state index contributed by atoms with van der Waals surface area (Å²) < 4.78 is 16.3. The number of benzene rings is 1. The number of hydrogen-bond donors (Lipinski definition) is 0. The first kappa shape index (κ1) is 13.6. The van der Waals surface area contributed by atoms with Crippen LogP contribution in [0.15, 0.2) is 36.9 Å². The van der Waals surface area contributed by atoms with Crippen LogP contribution >= 0.6 is 0 Å². The molecule has 0 amide bonds. The van der Waals surface area contributed by atoms with Gasteiger partial charge in [-0.3, -0.25) is 4.79 Å². The Labute approximate surface area is 113 Å². The zero-order valence-corrected chi connectivity index (χ0v) is 11.0. The zero-order chi connectivity index (χ0) is 13.7. The SMILES string of the molecule is C=CCOc1ccccc1C1CC(=O)OC1OCC. The van der Waals surface area contributed by atoms with Crippen LogP contribution in [0, 0.1) is 0 Å². The molecule has 1 saturated heterocycles. The summed E-state index contributed by atoms with van der Waals surface area (Å²) in [6.45, 7) is 6.44. The molecule has 0 N–H and O–H groups in total. The van der Waals surface area contributed by atoms with Crippen molar-refractivity contribution in [1.29, 1.82) is 0 Å². The maximum atomic E-state index is 11.5. The van der Waals surface area contributed by atoms with Gasteiger partial charge in [0.25, 0.3) is 0 Å². The van der Waals surface area contributed by atoms with Gasteiger partial charge in [0.1, 0.15) is 12.4 Å². The highest BCUT2D eigenvalue weighted by Crippen LogP contribution is 2.37. The van der Waals surface area contributed by atoms with Gasteiger partial charge in [0.15, 0.2) is 0 Å². The molecule has 0 radical (unpaired) electrons. The number of rotatable bonds is 6. The van der Waals surface area contributed by atoms with E-state index < -0.39 is 6.29 Å². The van der Waals surface area contributed by atoms with Crippen molar-refractivity contribution >= 4 is 5.97 Å². The second-order valence-corrected chi connectivity index (χ2v) is 4.26. The van der Waals surface area contributed by atoms with E-state index in [1.165, 1.54) is 0 Å². The molecule has 2 unspecified atom stereocenters. The highest BCUT2D eigenvalue weighted by molar-refractivity contribution is 5.73. The Morgan fingerprint density at radius 3 is 3.00 bits per heavy atom. The van der Waals surface area contributed by atoms with Gasteiger partial charge in [-0.2, -0.15) is 0 Å². The maximum absolute atomic E-state index is 11.5. The average molecular weight is 262 g/mol. The Kier molecular flexibility index (Phi) is 4.58. The van der Waals surface area contributed by atoms with E-state index in [2.05, 4.69) is 6.58 Å². The molecule has 0 aliphatic carbocycles. The van der Waals surface area contributed by atoms with E-state index in [9.17, 15) is 4.79 Å². The minimum Gasteiger partial charge on any atom is -0.489 e. The minimum absolute atomic E-state index is 0.117. The van der Waals surface area contributed by atoms with E-state index in [0.29, 0.717) is 19.6 Å². The summed E-state index contributed by atoms with van der Waals surface area (Å²) in [4.78, 5) is 11.5. The summed E-state index contributed by atoms with van der Waals surface area (Å²) in [5.41, 5.74) is 0.939. The number of carbonyl (C=O) groups is 1. The Balaban J connectivity index is 2.23. The fraction of sp³-hybridized carbons (Fsp3) is 0.400. The van der Waals surface area contributed by atoms with Crippen molar-refractivity contribution in [3.63, 3.8) is 0 Å². The first-order valence-electron chi connectivity index (χ1n) is 6.40. The number of ether oxygens (including phenoxy) is 3. The molecule has 4 nitrogen and oxygen atoms in total. The molecule has 19 heavy (non-hydrogen) atoms. The van der Waals surface area contributed by atoms with Crippen LogP contribution in [0.25, 0.3) is 0 Å². The average Bonchev–Trinajstić information content (AvgIpc) is 2.78. The van der Waals surface area contributed by atoms with Crippen LogP contribution in [0.3, 0.4) is 0 Å². The molecule has 2 atom stereocenters. The minimum atomic E-state index is -0.522. The molecule has 1 heterocycles.